The number of ether oxygens (including phenoxy) is 1. The Kier molecular flexibility index (Phi) is 7.45. The molecule has 1 unspecified atom stereocenters. The molecule has 3 N–H and O–H groups in total. The fourth-order valence-corrected chi connectivity index (χ4v) is 3.06. The monoisotopic (exact) mass is 421 g/mol. The molecule has 0 radical (unpaired) electrons. The Morgan fingerprint density at radius 2 is 1.71 bits per heavy atom. The molecule has 0 amide bonds. The van der Waals surface area contributed by atoms with E-state index in [1.54, 1.807) is 26.0 Å². The summed E-state index contributed by atoms with van der Waals surface area (Å²) in [4.78, 5) is 10.9. The zero-order chi connectivity index (χ0) is 20.5. The fourth-order valence-electron chi connectivity index (χ4n) is 3.06. The molecule has 0 spiro atoms. The highest BCUT2D eigenvalue weighted by molar-refractivity contribution is 5.85. The predicted octanol–water partition coefficient (Wildman–Crippen LogP) is 5.03. The molecule has 2 rings (SSSR count). The Hall–Kier alpha value is -2.32. The van der Waals surface area contributed by atoms with E-state index in [2.05, 4.69) is 0 Å². The van der Waals surface area contributed by atoms with Crippen LogP contribution in [0.15, 0.2) is 24.3 Å². The summed E-state index contributed by atoms with van der Waals surface area (Å²) in [6.07, 6.45) is -5.65. The normalized spacial score (nSPS) is 12.3. The van der Waals surface area contributed by atoms with Crippen LogP contribution in [0.2, 0.25) is 0 Å². The molecule has 0 fully saturated rings. The molecule has 0 heterocycles. The van der Waals surface area contributed by atoms with Crippen molar-refractivity contribution < 1.29 is 32.2 Å². The van der Waals surface area contributed by atoms with Gasteiger partial charge < -0.3 is 15.6 Å². The summed E-state index contributed by atoms with van der Waals surface area (Å²) in [6.45, 7) is 3.39. The summed E-state index contributed by atoms with van der Waals surface area (Å²) >= 11 is 0. The average molecular weight is 422 g/mol. The van der Waals surface area contributed by atoms with Crippen LogP contribution in [0.4, 0.5) is 17.6 Å². The molecule has 0 aliphatic carbocycles. The third-order valence-corrected chi connectivity index (χ3v) is 4.23. The van der Waals surface area contributed by atoms with E-state index in [0.29, 0.717) is 28.5 Å². The first kappa shape index (κ1) is 23.7. The van der Waals surface area contributed by atoms with Gasteiger partial charge in [0.05, 0.1) is 19.1 Å². The highest BCUT2D eigenvalue weighted by Gasteiger charge is 2.37. The third-order valence-electron chi connectivity index (χ3n) is 4.23. The number of rotatable bonds is 5. The van der Waals surface area contributed by atoms with Gasteiger partial charge in [-0.2, -0.15) is 13.2 Å². The van der Waals surface area contributed by atoms with E-state index in [9.17, 15) is 22.4 Å². The van der Waals surface area contributed by atoms with Crippen LogP contribution < -0.4 is 10.5 Å². The van der Waals surface area contributed by atoms with Crippen LogP contribution >= 0.6 is 12.4 Å². The Morgan fingerprint density at radius 1 is 1.18 bits per heavy atom. The Bertz CT molecular complexity index is 861. The number of carboxylic acid groups (broad SMARTS) is 1. The third kappa shape index (κ3) is 4.94. The van der Waals surface area contributed by atoms with Gasteiger partial charge >= 0.3 is 12.1 Å². The average Bonchev–Trinajstić information content (AvgIpc) is 2.53. The van der Waals surface area contributed by atoms with Gasteiger partial charge in [-0.3, -0.25) is 4.79 Å². The number of aliphatic carboxylic acids is 1. The van der Waals surface area contributed by atoms with E-state index in [-0.39, 0.29) is 18.0 Å². The summed E-state index contributed by atoms with van der Waals surface area (Å²) < 4.78 is 59.7. The summed E-state index contributed by atoms with van der Waals surface area (Å²) in [6, 6.07) is 3.78. The molecular weight excluding hydrogens is 402 g/mol. The molecule has 9 heteroatoms. The first-order chi connectivity index (χ1) is 12.5. The van der Waals surface area contributed by atoms with Crippen molar-refractivity contribution in [3.63, 3.8) is 0 Å². The molecule has 2 aromatic carbocycles. The van der Waals surface area contributed by atoms with E-state index in [0.717, 1.165) is 0 Å². The molecule has 28 heavy (non-hydrogen) atoms. The van der Waals surface area contributed by atoms with Crippen molar-refractivity contribution in [2.75, 3.05) is 7.11 Å². The summed E-state index contributed by atoms with van der Waals surface area (Å²) in [7, 11) is 1.47. The van der Waals surface area contributed by atoms with E-state index in [1.165, 1.54) is 13.2 Å². The SMILES string of the molecule is COc1cc(C)c(-c2cc(C(N)CC(=O)O)c(F)c(C(F)(F)F)c2)c(C)c1.Cl. The summed E-state index contributed by atoms with van der Waals surface area (Å²) in [5.74, 6) is -2.35. The van der Waals surface area contributed by atoms with Crippen molar-refractivity contribution in [2.24, 2.45) is 5.73 Å². The Labute approximate surface area is 165 Å². The molecule has 4 nitrogen and oxygen atoms in total. The largest absolute Gasteiger partial charge is 0.497 e. The lowest BCUT2D eigenvalue weighted by Gasteiger charge is -2.19. The zero-order valence-electron chi connectivity index (χ0n) is 15.4. The molecule has 1 atom stereocenters. The van der Waals surface area contributed by atoms with Crippen molar-refractivity contribution in [3.05, 3.63) is 52.3 Å². The number of hydrogen-bond acceptors (Lipinski definition) is 3. The number of methoxy groups -OCH3 is 1. The topological polar surface area (TPSA) is 72.5 Å². The van der Waals surface area contributed by atoms with Gasteiger partial charge in [0.2, 0.25) is 0 Å². The van der Waals surface area contributed by atoms with Crippen LogP contribution in [0.3, 0.4) is 0 Å². The molecule has 0 aromatic heterocycles. The number of aryl methyl sites for hydroxylation is 2. The molecule has 0 saturated carbocycles. The van der Waals surface area contributed by atoms with Crippen LogP contribution in [-0.4, -0.2) is 18.2 Å². The molecule has 154 valence electrons. The molecule has 0 saturated heterocycles. The lowest BCUT2D eigenvalue weighted by atomic mass is 9.90. The summed E-state index contributed by atoms with van der Waals surface area (Å²) in [5, 5.41) is 8.86. The van der Waals surface area contributed by atoms with Gasteiger partial charge in [-0.05, 0) is 60.4 Å². The van der Waals surface area contributed by atoms with Crippen molar-refractivity contribution in [2.45, 2.75) is 32.5 Å². The highest BCUT2D eigenvalue weighted by Crippen LogP contribution is 2.40. The first-order valence-corrected chi connectivity index (χ1v) is 7.99. The maximum absolute atomic E-state index is 14.5. The fraction of sp³-hybridized carbons (Fsp3) is 0.316. The number of halogens is 5. The van der Waals surface area contributed by atoms with Crippen molar-refractivity contribution in [1.29, 1.82) is 0 Å². The van der Waals surface area contributed by atoms with Gasteiger partial charge in [-0.15, -0.1) is 12.4 Å². The Morgan fingerprint density at radius 3 is 2.14 bits per heavy atom. The van der Waals surface area contributed by atoms with Gasteiger partial charge in [0.15, 0.2) is 0 Å². The van der Waals surface area contributed by atoms with Crippen molar-refractivity contribution in [3.8, 4) is 16.9 Å². The number of nitrogens with two attached hydrogens (primary N) is 1. The van der Waals surface area contributed by atoms with Crippen LogP contribution in [0, 0.1) is 19.7 Å². The standard InChI is InChI=1S/C19H19F4NO3.ClH/c1-9-4-12(27-3)5-10(2)17(9)11-6-13(15(24)8-16(25)26)18(20)14(7-11)19(21,22)23;/h4-7,15H,8,24H2,1-3H3,(H,25,26);1H. The molecule has 0 aliphatic rings. The minimum Gasteiger partial charge on any atom is -0.497 e. The van der Waals surface area contributed by atoms with E-state index in [4.69, 9.17) is 15.6 Å². The van der Waals surface area contributed by atoms with Crippen molar-refractivity contribution >= 4 is 18.4 Å². The quantitative estimate of drug-likeness (QED) is 0.664. The number of alkyl halides is 3. The van der Waals surface area contributed by atoms with Crippen molar-refractivity contribution in [1.82, 2.24) is 0 Å². The van der Waals surface area contributed by atoms with E-state index < -0.39 is 41.6 Å². The van der Waals surface area contributed by atoms with Crippen LogP contribution in [0.5, 0.6) is 5.75 Å². The van der Waals surface area contributed by atoms with Gasteiger partial charge in [0, 0.05) is 11.6 Å². The Balaban J connectivity index is 0.00000392. The smallest absolute Gasteiger partial charge is 0.419 e. The lowest BCUT2D eigenvalue weighted by molar-refractivity contribution is -0.140. The number of carbonyl (C=O) groups is 1. The second-order valence-electron chi connectivity index (χ2n) is 6.27. The van der Waals surface area contributed by atoms with Gasteiger partial charge in [0.25, 0.3) is 0 Å². The minimum atomic E-state index is -4.95. The van der Waals surface area contributed by atoms with Crippen LogP contribution in [0.25, 0.3) is 11.1 Å². The molecule has 0 bridgehead atoms. The van der Waals surface area contributed by atoms with Gasteiger partial charge in [0.1, 0.15) is 11.6 Å². The number of carboxylic acids is 1. The molecular formula is C19H20ClF4NO3. The van der Waals surface area contributed by atoms with Gasteiger partial charge in [-0.25, -0.2) is 4.39 Å². The maximum atomic E-state index is 14.5. The molecule has 0 aliphatic heterocycles. The zero-order valence-corrected chi connectivity index (χ0v) is 16.2. The highest BCUT2D eigenvalue weighted by atomic mass is 35.5. The lowest BCUT2D eigenvalue weighted by Crippen LogP contribution is -2.19. The number of benzene rings is 2. The van der Waals surface area contributed by atoms with E-state index >= 15 is 0 Å². The molecule has 2 aromatic rings. The first-order valence-electron chi connectivity index (χ1n) is 7.99. The van der Waals surface area contributed by atoms with Crippen LogP contribution in [0.1, 0.15) is 34.7 Å². The summed E-state index contributed by atoms with van der Waals surface area (Å²) in [5.41, 5.74) is 5.54. The second-order valence-corrected chi connectivity index (χ2v) is 6.27. The van der Waals surface area contributed by atoms with Crippen LogP contribution in [-0.2, 0) is 11.0 Å². The predicted molar refractivity (Wildman–Crippen MR) is 99.3 cm³/mol. The van der Waals surface area contributed by atoms with Gasteiger partial charge in [-0.1, -0.05) is 0 Å². The van der Waals surface area contributed by atoms with E-state index in [1.807, 2.05) is 0 Å². The maximum Gasteiger partial charge on any atom is 0.419 e. The minimum absolute atomic E-state index is 0. The number of hydrogen-bond donors (Lipinski definition) is 2. The second kappa shape index (κ2) is 8.79.